The average molecular weight is 367 g/mol. The first-order valence-corrected chi connectivity index (χ1v) is 9.09. The summed E-state index contributed by atoms with van der Waals surface area (Å²) >= 11 is 0. The fourth-order valence-corrected chi connectivity index (χ4v) is 3.51. The van der Waals surface area contributed by atoms with Gasteiger partial charge in [0.25, 0.3) is 0 Å². The van der Waals surface area contributed by atoms with Crippen molar-refractivity contribution < 1.29 is 4.74 Å². The normalized spacial score (nSPS) is 23.1. The molecule has 1 saturated heterocycles. The van der Waals surface area contributed by atoms with E-state index in [0.29, 0.717) is 17.3 Å². The van der Waals surface area contributed by atoms with Gasteiger partial charge >= 0.3 is 0 Å². The van der Waals surface area contributed by atoms with Gasteiger partial charge in [-0.05, 0) is 18.1 Å². The number of hydrogen-bond donors (Lipinski definition) is 4. The van der Waals surface area contributed by atoms with Crippen LogP contribution in [0.25, 0.3) is 6.08 Å². The molecule has 1 atom stereocenters. The molecule has 2 aromatic rings. The van der Waals surface area contributed by atoms with Gasteiger partial charge in [-0.15, -0.1) is 0 Å². The predicted molar refractivity (Wildman–Crippen MR) is 106 cm³/mol. The SMILES string of the molecule is Cc1cc(C=CCN2CCOCC2)ccc1C1(N)N=C(N)c2[nH]cnc2N1. The molecule has 0 saturated carbocycles. The number of aryl methyl sites for hydroxylation is 1. The summed E-state index contributed by atoms with van der Waals surface area (Å²) in [5.74, 6) is -0.177. The number of imidazole rings is 1. The highest BCUT2D eigenvalue weighted by molar-refractivity contribution is 6.01. The molecule has 4 rings (SSSR count). The smallest absolute Gasteiger partial charge is 0.212 e. The Balaban J connectivity index is 1.51. The maximum atomic E-state index is 6.52. The molecule has 1 unspecified atom stereocenters. The Morgan fingerprint density at radius 3 is 2.93 bits per heavy atom. The van der Waals surface area contributed by atoms with E-state index in [0.717, 1.165) is 49.5 Å². The number of aromatic nitrogens is 2. The molecule has 8 heteroatoms. The number of ether oxygens (including phenoxy) is 1. The van der Waals surface area contributed by atoms with Gasteiger partial charge < -0.3 is 20.8 Å². The number of nitrogens with two attached hydrogens (primary N) is 2. The number of aliphatic imine (C=N–C) groups is 1. The number of rotatable bonds is 4. The molecule has 8 nitrogen and oxygen atoms in total. The lowest BCUT2D eigenvalue weighted by atomic mass is 9.98. The molecule has 0 radical (unpaired) electrons. The monoisotopic (exact) mass is 367 g/mol. The molecule has 2 aliphatic heterocycles. The van der Waals surface area contributed by atoms with E-state index < -0.39 is 5.79 Å². The van der Waals surface area contributed by atoms with E-state index in [1.807, 2.05) is 19.1 Å². The lowest BCUT2D eigenvalue weighted by Crippen LogP contribution is -2.48. The Morgan fingerprint density at radius 1 is 1.33 bits per heavy atom. The average Bonchev–Trinajstić information content (AvgIpc) is 3.11. The second kappa shape index (κ2) is 7.15. The molecule has 1 aromatic carbocycles. The molecule has 0 amide bonds. The molecule has 6 N–H and O–H groups in total. The van der Waals surface area contributed by atoms with Crippen molar-refractivity contribution in [1.82, 2.24) is 14.9 Å². The van der Waals surface area contributed by atoms with Crippen molar-refractivity contribution in [2.24, 2.45) is 16.5 Å². The summed E-state index contributed by atoms with van der Waals surface area (Å²) in [5, 5.41) is 3.18. The van der Waals surface area contributed by atoms with Crippen LogP contribution in [0, 0.1) is 6.92 Å². The number of morpholine rings is 1. The minimum absolute atomic E-state index is 0.345. The molecule has 2 aliphatic rings. The van der Waals surface area contributed by atoms with E-state index in [4.69, 9.17) is 16.2 Å². The number of aromatic amines is 1. The number of nitrogens with one attached hydrogen (secondary N) is 2. The zero-order valence-electron chi connectivity index (χ0n) is 15.4. The number of benzene rings is 1. The fourth-order valence-electron chi connectivity index (χ4n) is 3.51. The Morgan fingerprint density at radius 2 is 2.15 bits per heavy atom. The Labute approximate surface area is 158 Å². The number of nitrogens with zero attached hydrogens (tertiary/aromatic N) is 3. The third-order valence-corrected chi connectivity index (χ3v) is 4.94. The summed E-state index contributed by atoms with van der Waals surface area (Å²) in [7, 11) is 0. The highest BCUT2D eigenvalue weighted by Crippen LogP contribution is 2.30. The van der Waals surface area contributed by atoms with Crippen LogP contribution in [0.3, 0.4) is 0 Å². The number of H-pyrrole nitrogens is 1. The highest BCUT2D eigenvalue weighted by Gasteiger charge is 2.34. The van der Waals surface area contributed by atoms with Crippen LogP contribution in [0.5, 0.6) is 0 Å². The minimum Gasteiger partial charge on any atom is -0.382 e. The third kappa shape index (κ3) is 3.59. The van der Waals surface area contributed by atoms with Gasteiger partial charge in [0.05, 0.1) is 19.5 Å². The van der Waals surface area contributed by atoms with Gasteiger partial charge in [0.2, 0.25) is 5.79 Å². The highest BCUT2D eigenvalue weighted by atomic mass is 16.5. The van der Waals surface area contributed by atoms with Crippen LogP contribution >= 0.6 is 0 Å². The Hall–Kier alpha value is -2.68. The van der Waals surface area contributed by atoms with Gasteiger partial charge in [0.1, 0.15) is 5.69 Å². The maximum absolute atomic E-state index is 6.52. The summed E-state index contributed by atoms with van der Waals surface area (Å²) in [6, 6.07) is 6.14. The first-order chi connectivity index (χ1) is 13.0. The standard InChI is InChI=1S/C19H25N7O/c1-13-11-14(3-2-6-26-7-9-27-10-8-26)4-5-15(13)19(21)24-17(20)16-18(25-19)23-12-22-16/h2-5,11-12,25H,6-10,21H2,1H3,(H2,20,24)(H,22,23). The fraction of sp³-hybridized carbons (Fsp3) is 0.368. The van der Waals surface area contributed by atoms with E-state index in [1.165, 1.54) is 0 Å². The number of fused-ring (bicyclic) bond motifs is 1. The zero-order valence-corrected chi connectivity index (χ0v) is 15.4. The van der Waals surface area contributed by atoms with Crippen molar-refractivity contribution >= 4 is 17.7 Å². The second-order valence-electron chi connectivity index (χ2n) is 6.90. The van der Waals surface area contributed by atoms with Crippen molar-refractivity contribution in [3.63, 3.8) is 0 Å². The molecular formula is C19H25N7O. The van der Waals surface area contributed by atoms with Gasteiger partial charge in [-0.1, -0.05) is 30.4 Å². The number of amidine groups is 1. The van der Waals surface area contributed by atoms with Crippen LogP contribution in [0.2, 0.25) is 0 Å². The first-order valence-electron chi connectivity index (χ1n) is 9.09. The van der Waals surface area contributed by atoms with Crippen LogP contribution in [-0.4, -0.2) is 53.6 Å². The van der Waals surface area contributed by atoms with Crippen molar-refractivity contribution in [3.05, 3.63) is 53.0 Å². The van der Waals surface area contributed by atoms with Crippen molar-refractivity contribution in [2.45, 2.75) is 12.7 Å². The van der Waals surface area contributed by atoms with Crippen molar-refractivity contribution in [2.75, 3.05) is 38.2 Å². The van der Waals surface area contributed by atoms with E-state index in [1.54, 1.807) is 6.33 Å². The summed E-state index contributed by atoms with van der Waals surface area (Å²) < 4.78 is 5.38. The van der Waals surface area contributed by atoms with Crippen molar-refractivity contribution in [1.29, 1.82) is 0 Å². The molecule has 3 heterocycles. The van der Waals surface area contributed by atoms with Crippen LogP contribution in [0.15, 0.2) is 35.6 Å². The van der Waals surface area contributed by atoms with E-state index in [-0.39, 0.29) is 0 Å². The van der Waals surface area contributed by atoms with Gasteiger partial charge in [-0.3, -0.25) is 10.6 Å². The lowest BCUT2D eigenvalue weighted by molar-refractivity contribution is 0.0435. The molecule has 27 heavy (non-hydrogen) atoms. The summed E-state index contributed by atoms with van der Waals surface area (Å²) in [4.78, 5) is 14.0. The Bertz CT molecular complexity index is 882. The van der Waals surface area contributed by atoms with Gasteiger partial charge in [-0.2, -0.15) is 0 Å². The first kappa shape index (κ1) is 17.7. The quantitative estimate of drug-likeness (QED) is 0.639. The summed E-state index contributed by atoms with van der Waals surface area (Å²) in [6.07, 6.45) is 5.89. The molecule has 1 aromatic heterocycles. The van der Waals surface area contributed by atoms with Gasteiger partial charge in [-0.25, -0.2) is 9.98 Å². The van der Waals surface area contributed by atoms with Gasteiger partial charge in [0, 0.05) is 25.2 Å². The van der Waals surface area contributed by atoms with Crippen LogP contribution < -0.4 is 16.8 Å². The van der Waals surface area contributed by atoms with E-state index in [9.17, 15) is 0 Å². The largest absolute Gasteiger partial charge is 0.382 e. The van der Waals surface area contributed by atoms with Crippen LogP contribution in [-0.2, 0) is 10.5 Å². The zero-order chi connectivity index (χ0) is 18.9. The summed E-state index contributed by atoms with van der Waals surface area (Å²) in [6.45, 7) is 6.55. The topological polar surface area (TPSA) is 118 Å². The summed E-state index contributed by atoms with van der Waals surface area (Å²) in [5.41, 5.74) is 16.3. The molecular weight excluding hydrogens is 342 g/mol. The third-order valence-electron chi connectivity index (χ3n) is 4.94. The second-order valence-corrected chi connectivity index (χ2v) is 6.90. The molecule has 0 spiro atoms. The van der Waals surface area contributed by atoms with E-state index in [2.05, 4.69) is 43.4 Å². The number of anilines is 1. The number of hydrogen-bond acceptors (Lipinski definition) is 7. The molecule has 142 valence electrons. The van der Waals surface area contributed by atoms with Crippen LogP contribution in [0.1, 0.15) is 22.4 Å². The predicted octanol–water partition coefficient (Wildman–Crippen LogP) is 0.964. The molecule has 1 fully saturated rings. The Kier molecular flexibility index (Phi) is 4.69. The van der Waals surface area contributed by atoms with Crippen LogP contribution in [0.4, 0.5) is 5.82 Å². The van der Waals surface area contributed by atoms with E-state index >= 15 is 0 Å². The lowest BCUT2D eigenvalue weighted by Gasteiger charge is -2.32. The van der Waals surface area contributed by atoms with Gasteiger partial charge in [0.15, 0.2) is 11.7 Å². The molecule has 0 aliphatic carbocycles. The maximum Gasteiger partial charge on any atom is 0.212 e. The molecule has 0 bridgehead atoms. The van der Waals surface area contributed by atoms with Crippen molar-refractivity contribution in [3.8, 4) is 0 Å². The minimum atomic E-state index is -1.13.